The molecule has 2 amide bonds. The second kappa shape index (κ2) is 7.38. The molecule has 0 spiro atoms. The number of ether oxygens (including phenoxy) is 1. The van der Waals surface area contributed by atoms with Crippen molar-refractivity contribution in [3.05, 3.63) is 30.0 Å². The Balaban J connectivity index is 1.50. The number of furan rings is 1. The standard InChI is InChI=1S/C18H22N2O4/c1-23-14-4-5-15-13(12-24-16(15)11-14)10-17(21)19-7-6-18(22)20-8-2-3-9-20/h4-5,11-12H,2-3,6-10H2,1H3,(H,19,21). The minimum Gasteiger partial charge on any atom is -0.497 e. The predicted molar refractivity (Wildman–Crippen MR) is 89.9 cm³/mol. The van der Waals surface area contributed by atoms with Crippen molar-refractivity contribution in [3.63, 3.8) is 0 Å². The second-order valence-corrected chi connectivity index (χ2v) is 5.99. The highest BCUT2D eigenvalue weighted by Gasteiger charge is 2.17. The molecule has 1 aromatic heterocycles. The number of hydrogen-bond donors (Lipinski definition) is 1. The lowest BCUT2D eigenvalue weighted by atomic mass is 10.1. The van der Waals surface area contributed by atoms with E-state index < -0.39 is 0 Å². The van der Waals surface area contributed by atoms with Gasteiger partial charge in [0.05, 0.1) is 19.8 Å². The van der Waals surface area contributed by atoms with Gasteiger partial charge in [-0.2, -0.15) is 0 Å². The third kappa shape index (κ3) is 3.69. The molecular formula is C18H22N2O4. The molecule has 0 radical (unpaired) electrons. The molecule has 0 unspecified atom stereocenters. The number of amides is 2. The van der Waals surface area contributed by atoms with Crippen molar-refractivity contribution < 1.29 is 18.7 Å². The van der Waals surface area contributed by atoms with Gasteiger partial charge in [0.25, 0.3) is 0 Å². The van der Waals surface area contributed by atoms with E-state index in [1.54, 1.807) is 19.4 Å². The van der Waals surface area contributed by atoms with Gasteiger partial charge in [-0.15, -0.1) is 0 Å². The number of fused-ring (bicyclic) bond motifs is 1. The van der Waals surface area contributed by atoms with Crippen LogP contribution in [0.4, 0.5) is 0 Å². The predicted octanol–water partition coefficient (Wildman–Crippen LogP) is 2.11. The average molecular weight is 330 g/mol. The fourth-order valence-corrected chi connectivity index (χ4v) is 3.00. The topological polar surface area (TPSA) is 71.8 Å². The van der Waals surface area contributed by atoms with E-state index in [0.29, 0.717) is 24.3 Å². The summed E-state index contributed by atoms with van der Waals surface area (Å²) in [6.45, 7) is 2.06. The molecule has 0 saturated carbocycles. The van der Waals surface area contributed by atoms with Crippen molar-refractivity contribution in [3.8, 4) is 5.75 Å². The van der Waals surface area contributed by atoms with Crippen LogP contribution >= 0.6 is 0 Å². The second-order valence-electron chi connectivity index (χ2n) is 5.99. The minimum absolute atomic E-state index is 0.109. The molecule has 1 aliphatic heterocycles. The van der Waals surface area contributed by atoms with Gasteiger partial charge < -0.3 is 19.4 Å². The summed E-state index contributed by atoms with van der Waals surface area (Å²) in [6, 6.07) is 5.52. The Morgan fingerprint density at radius 2 is 2.08 bits per heavy atom. The normalized spacial score (nSPS) is 14.1. The van der Waals surface area contributed by atoms with Crippen molar-refractivity contribution in [2.75, 3.05) is 26.7 Å². The summed E-state index contributed by atoms with van der Waals surface area (Å²) in [7, 11) is 1.60. The molecule has 1 saturated heterocycles. The van der Waals surface area contributed by atoms with Gasteiger partial charge in [-0.05, 0) is 25.0 Å². The van der Waals surface area contributed by atoms with Crippen LogP contribution in [-0.2, 0) is 16.0 Å². The number of methoxy groups -OCH3 is 1. The summed E-state index contributed by atoms with van der Waals surface area (Å²) >= 11 is 0. The Bertz CT molecular complexity index is 732. The Kier molecular flexibility index (Phi) is 5.03. The summed E-state index contributed by atoms with van der Waals surface area (Å²) < 4.78 is 10.6. The smallest absolute Gasteiger partial charge is 0.224 e. The maximum atomic E-state index is 12.1. The Morgan fingerprint density at radius 1 is 1.29 bits per heavy atom. The maximum Gasteiger partial charge on any atom is 0.224 e. The van der Waals surface area contributed by atoms with Crippen LogP contribution in [0.25, 0.3) is 11.0 Å². The van der Waals surface area contributed by atoms with E-state index in [9.17, 15) is 9.59 Å². The third-order valence-electron chi connectivity index (χ3n) is 4.33. The molecule has 1 aromatic carbocycles. The number of carbonyl (C=O) groups excluding carboxylic acids is 2. The molecule has 128 valence electrons. The highest BCUT2D eigenvalue weighted by Crippen LogP contribution is 2.25. The molecule has 24 heavy (non-hydrogen) atoms. The molecular weight excluding hydrogens is 308 g/mol. The molecule has 1 fully saturated rings. The number of carbonyl (C=O) groups is 2. The Hall–Kier alpha value is -2.50. The number of hydrogen-bond acceptors (Lipinski definition) is 4. The molecule has 1 aliphatic rings. The molecule has 0 atom stereocenters. The van der Waals surface area contributed by atoms with Gasteiger partial charge in [0.2, 0.25) is 11.8 Å². The van der Waals surface area contributed by atoms with Gasteiger partial charge >= 0.3 is 0 Å². The summed E-state index contributed by atoms with van der Waals surface area (Å²) in [6.07, 6.45) is 4.35. The van der Waals surface area contributed by atoms with E-state index in [0.717, 1.165) is 36.9 Å². The largest absolute Gasteiger partial charge is 0.497 e. The van der Waals surface area contributed by atoms with Crippen molar-refractivity contribution >= 4 is 22.8 Å². The van der Waals surface area contributed by atoms with Gasteiger partial charge in [-0.1, -0.05) is 0 Å². The fraction of sp³-hybridized carbons (Fsp3) is 0.444. The van der Waals surface area contributed by atoms with Gasteiger partial charge in [0.1, 0.15) is 11.3 Å². The van der Waals surface area contributed by atoms with Crippen molar-refractivity contribution in [1.82, 2.24) is 10.2 Å². The number of benzene rings is 1. The van der Waals surface area contributed by atoms with Crippen molar-refractivity contribution in [2.24, 2.45) is 0 Å². The Morgan fingerprint density at radius 3 is 2.83 bits per heavy atom. The van der Waals surface area contributed by atoms with Crippen LogP contribution in [0, 0.1) is 0 Å². The van der Waals surface area contributed by atoms with Crippen LogP contribution in [0.5, 0.6) is 5.75 Å². The highest BCUT2D eigenvalue weighted by molar-refractivity contribution is 5.88. The number of rotatable bonds is 6. The highest BCUT2D eigenvalue weighted by atomic mass is 16.5. The maximum absolute atomic E-state index is 12.1. The van der Waals surface area contributed by atoms with Crippen LogP contribution < -0.4 is 10.1 Å². The first-order valence-corrected chi connectivity index (χ1v) is 8.26. The number of likely N-dealkylation sites (tertiary alicyclic amines) is 1. The third-order valence-corrected chi connectivity index (χ3v) is 4.33. The Labute approximate surface area is 140 Å². The molecule has 2 aromatic rings. The first-order valence-electron chi connectivity index (χ1n) is 8.26. The fourth-order valence-electron chi connectivity index (χ4n) is 3.00. The summed E-state index contributed by atoms with van der Waals surface area (Å²) in [5.74, 6) is 0.727. The zero-order valence-electron chi connectivity index (χ0n) is 13.8. The molecule has 0 aliphatic carbocycles. The van der Waals surface area contributed by atoms with E-state index in [2.05, 4.69) is 5.32 Å². The molecule has 1 N–H and O–H groups in total. The number of nitrogens with one attached hydrogen (secondary N) is 1. The van der Waals surface area contributed by atoms with Crippen LogP contribution in [0.2, 0.25) is 0 Å². The summed E-state index contributed by atoms with van der Waals surface area (Å²) in [4.78, 5) is 25.9. The lowest BCUT2D eigenvalue weighted by Gasteiger charge is -2.15. The lowest BCUT2D eigenvalue weighted by molar-refractivity contribution is -0.130. The lowest BCUT2D eigenvalue weighted by Crippen LogP contribution is -2.33. The first kappa shape index (κ1) is 16.4. The first-order chi connectivity index (χ1) is 11.7. The van der Waals surface area contributed by atoms with Crippen LogP contribution in [0.1, 0.15) is 24.8 Å². The molecule has 3 rings (SSSR count). The summed E-state index contributed by atoms with van der Waals surface area (Å²) in [5.41, 5.74) is 1.53. The minimum atomic E-state index is -0.109. The van der Waals surface area contributed by atoms with Gasteiger partial charge in [0, 0.05) is 43.1 Å². The van der Waals surface area contributed by atoms with E-state index in [1.807, 2.05) is 17.0 Å². The zero-order valence-corrected chi connectivity index (χ0v) is 13.8. The van der Waals surface area contributed by atoms with Crippen LogP contribution in [0.3, 0.4) is 0 Å². The van der Waals surface area contributed by atoms with Gasteiger partial charge in [0.15, 0.2) is 0 Å². The molecule has 2 heterocycles. The molecule has 0 bridgehead atoms. The van der Waals surface area contributed by atoms with Crippen molar-refractivity contribution in [2.45, 2.75) is 25.7 Å². The van der Waals surface area contributed by atoms with Crippen molar-refractivity contribution in [1.29, 1.82) is 0 Å². The average Bonchev–Trinajstić information content (AvgIpc) is 3.24. The summed E-state index contributed by atoms with van der Waals surface area (Å²) in [5, 5.41) is 3.71. The zero-order chi connectivity index (χ0) is 16.9. The van der Waals surface area contributed by atoms with E-state index in [1.165, 1.54) is 0 Å². The van der Waals surface area contributed by atoms with Crippen LogP contribution in [-0.4, -0.2) is 43.5 Å². The number of nitrogens with zero attached hydrogens (tertiary/aromatic N) is 1. The van der Waals surface area contributed by atoms with E-state index in [4.69, 9.17) is 9.15 Å². The monoisotopic (exact) mass is 330 g/mol. The molecule has 6 heteroatoms. The van der Waals surface area contributed by atoms with Gasteiger partial charge in [-0.25, -0.2) is 0 Å². The van der Waals surface area contributed by atoms with Crippen LogP contribution in [0.15, 0.2) is 28.9 Å². The quantitative estimate of drug-likeness (QED) is 0.880. The molecule has 6 nitrogen and oxygen atoms in total. The SMILES string of the molecule is COc1ccc2c(CC(=O)NCCC(=O)N3CCCC3)coc2c1. The van der Waals surface area contributed by atoms with E-state index >= 15 is 0 Å². The van der Waals surface area contributed by atoms with Gasteiger partial charge in [-0.3, -0.25) is 9.59 Å². The van der Waals surface area contributed by atoms with E-state index in [-0.39, 0.29) is 18.2 Å².